The summed E-state index contributed by atoms with van der Waals surface area (Å²) in [5.41, 5.74) is 0.501. The molecule has 1 aliphatic carbocycles. The summed E-state index contributed by atoms with van der Waals surface area (Å²) in [5.74, 6) is -1.34. The first-order chi connectivity index (χ1) is 23.4. The first-order valence-corrected chi connectivity index (χ1v) is 17.3. The topological polar surface area (TPSA) is 118 Å². The van der Waals surface area contributed by atoms with Crippen molar-refractivity contribution in [1.82, 2.24) is 19.7 Å². The molecule has 3 heterocycles. The minimum absolute atomic E-state index is 0. The van der Waals surface area contributed by atoms with Crippen molar-refractivity contribution in [3.05, 3.63) is 106 Å². The Morgan fingerprint density at radius 1 is 0.860 bits per heavy atom. The summed E-state index contributed by atoms with van der Waals surface area (Å²) < 4.78 is 7.13. The number of aromatic nitrogens is 1. The third kappa shape index (κ3) is 7.10. The van der Waals surface area contributed by atoms with Crippen molar-refractivity contribution in [3.63, 3.8) is 0 Å². The number of aryl methyl sites for hydroxylation is 1. The number of piperidine rings is 1. The number of pyridine rings is 1. The van der Waals surface area contributed by atoms with Crippen LogP contribution in [-0.2, 0) is 31.6 Å². The number of hydrogen-bond acceptors (Lipinski definition) is 6. The predicted molar refractivity (Wildman–Crippen MR) is 195 cm³/mol. The van der Waals surface area contributed by atoms with Gasteiger partial charge < -0.3 is 24.4 Å². The second-order valence-electron chi connectivity index (χ2n) is 14.6. The van der Waals surface area contributed by atoms with Gasteiger partial charge >= 0.3 is 5.97 Å². The number of fused-ring (bicyclic) bond motifs is 1. The second-order valence-corrected chi connectivity index (χ2v) is 14.6. The summed E-state index contributed by atoms with van der Waals surface area (Å²) in [5, 5.41) is 2.98. The van der Waals surface area contributed by atoms with E-state index >= 15 is 0 Å². The summed E-state index contributed by atoms with van der Waals surface area (Å²) in [6.07, 6.45) is 4.90. The Labute approximate surface area is 300 Å². The molecule has 0 bridgehead atoms. The van der Waals surface area contributed by atoms with Gasteiger partial charge in [-0.1, -0.05) is 54.6 Å². The Morgan fingerprint density at radius 3 is 2.24 bits per heavy atom. The van der Waals surface area contributed by atoms with Crippen LogP contribution in [-0.4, -0.2) is 75.4 Å². The number of esters is 1. The van der Waals surface area contributed by atoms with Crippen LogP contribution in [0, 0.1) is 0 Å². The minimum Gasteiger partial charge on any atom is -0.458 e. The van der Waals surface area contributed by atoms with Crippen molar-refractivity contribution < 1.29 is 23.9 Å². The summed E-state index contributed by atoms with van der Waals surface area (Å²) in [6.45, 7) is 6.91. The molecule has 3 aromatic rings. The molecular weight excluding hydrogens is 653 g/mol. The molecule has 2 aliphatic heterocycles. The van der Waals surface area contributed by atoms with Crippen molar-refractivity contribution in [3.8, 4) is 0 Å². The van der Waals surface area contributed by atoms with Gasteiger partial charge in [0.05, 0.1) is 11.3 Å². The lowest BCUT2D eigenvalue weighted by atomic mass is 9.62. The molecule has 50 heavy (non-hydrogen) atoms. The lowest BCUT2D eigenvalue weighted by molar-refractivity contribution is -0.164. The molecule has 1 aromatic heterocycles. The highest BCUT2D eigenvalue weighted by molar-refractivity contribution is 7.59. The zero-order chi connectivity index (χ0) is 34.9. The lowest BCUT2D eigenvalue weighted by Crippen LogP contribution is -2.54. The molecule has 3 aliphatic rings. The summed E-state index contributed by atoms with van der Waals surface area (Å²) in [6, 6.07) is 19.9. The van der Waals surface area contributed by atoms with E-state index in [1.54, 1.807) is 24.2 Å². The molecule has 0 radical (unpaired) electrons. The van der Waals surface area contributed by atoms with Gasteiger partial charge in [-0.25, -0.2) is 4.79 Å². The molecule has 266 valence electrons. The molecule has 1 N–H and O–H groups in total. The lowest BCUT2D eigenvalue weighted by Gasteiger charge is -2.45. The van der Waals surface area contributed by atoms with E-state index in [1.165, 1.54) is 10.6 Å². The highest BCUT2D eigenvalue weighted by Gasteiger charge is 2.53. The zero-order valence-corrected chi connectivity index (χ0v) is 30.3. The number of hydrogen-bond donors (Lipinski definition) is 1. The number of benzene rings is 2. The molecule has 3 atom stereocenters. The molecule has 11 heteroatoms. The smallest absolute Gasteiger partial charge is 0.329 e. The fourth-order valence-corrected chi connectivity index (χ4v) is 7.83. The minimum atomic E-state index is -1.06. The fourth-order valence-electron chi connectivity index (χ4n) is 7.83. The SMILES string of the molecule is Cn1cccc(C(=O)NC2CCN(C(=O)[C@H]3CC[C@@](C(=O)N4CCC[C@@H]4C(=O)OC(C)(C)C)(c4ccccc4)c4ccccc43)CC2)c1=O.S. The number of rotatable bonds is 6. The van der Waals surface area contributed by atoms with Crippen LogP contribution >= 0.6 is 13.5 Å². The first kappa shape index (κ1) is 36.9. The normalized spacial score (nSPS) is 22.2. The first-order valence-electron chi connectivity index (χ1n) is 17.3. The van der Waals surface area contributed by atoms with Crippen molar-refractivity contribution in [2.75, 3.05) is 19.6 Å². The molecule has 0 saturated carbocycles. The van der Waals surface area contributed by atoms with Crippen molar-refractivity contribution in [1.29, 1.82) is 0 Å². The molecule has 3 amide bonds. The molecule has 10 nitrogen and oxygen atoms in total. The van der Waals surface area contributed by atoms with Crippen LogP contribution < -0.4 is 10.9 Å². The molecule has 6 rings (SSSR count). The van der Waals surface area contributed by atoms with E-state index in [0.29, 0.717) is 58.2 Å². The van der Waals surface area contributed by atoms with Gasteiger partial charge in [-0.3, -0.25) is 19.2 Å². The van der Waals surface area contributed by atoms with Gasteiger partial charge in [-0.2, -0.15) is 13.5 Å². The average Bonchev–Trinajstić information content (AvgIpc) is 3.59. The van der Waals surface area contributed by atoms with Crippen LogP contribution in [0.1, 0.15) is 92.3 Å². The fraction of sp³-hybridized carbons (Fsp3) is 0.462. The Hall–Kier alpha value is -4.38. The Balaban J connectivity index is 0.00000486. The zero-order valence-electron chi connectivity index (χ0n) is 29.3. The number of amides is 3. The van der Waals surface area contributed by atoms with Gasteiger partial charge in [0.25, 0.3) is 11.5 Å². The van der Waals surface area contributed by atoms with Crippen LogP contribution in [0.4, 0.5) is 0 Å². The van der Waals surface area contributed by atoms with Crippen molar-refractivity contribution >= 4 is 37.2 Å². The summed E-state index contributed by atoms with van der Waals surface area (Å²) >= 11 is 0. The van der Waals surface area contributed by atoms with E-state index in [2.05, 4.69) is 5.32 Å². The summed E-state index contributed by atoms with van der Waals surface area (Å²) in [4.78, 5) is 71.4. The van der Waals surface area contributed by atoms with Gasteiger partial charge in [0.1, 0.15) is 17.2 Å². The number of ether oxygens (including phenoxy) is 1. The Morgan fingerprint density at radius 2 is 1.54 bits per heavy atom. The van der Waals surface area contributed by atoms with Gasteiger partial charge in [0.15, 0.2) is 0 Å². The van der Waals surface area contributed by atoms with Crippen LogP contribution in [0.5, 0.6) is 0 Å². The highest BCUT2D eigenvalue weighted by Crippen LogP contribution is 2.49. The predicted octanol–water partition coefficient (Wildman–Crippen LogP) is 4.42. The van der Waals surface area contributed by atoms with E-state index in [-0.39, 0.29) is 48.4 Å². The Bertz CT molecular complexity index is 1800. The average molecular weight is 701 g/mol. The maximum Gasteiger partial charge on any atom is 0.329 e. The molecule has 0 spiro atoms. The number of carbonyl (C=O) groups is 4. The number of nitrogens with zero attached hydrogens (tertiary/aromatic N) is 3. The van der Waals surface area contributed by atoms with Crippen LogP contribution in [0.3, 0.4) is 0 Å². The third-order valence-corrected chi connectivity index (χ3v) is 10.2. The van der Waals surface area contributed by atoms with Crippen molar-refractivity contribution in [2.45, 2.75) is 88.3 Å². The van der Waals surface area contributed by atoms with Crippen LogP contribution in [0.2, 0.25) is 0 Å². The maximum atomic E-state index is 15.0. The Kier molecular flexibility index (Phi) is 11.0. The largest absolute Gasteiger partial charge is 0.458 e. The molecular formula is C39H48N4O6S. The molecule has 0 unspecified atom stereocenters. The van der Waals surface area contributed by atoms with Crippen LogP contribution in [0.25, 0.3) is 0 Å². The number of nitrogens with one attached hydrogen (secondary N) is 1. The van der Waals surface area contributed by atoms with E-state index in [0.717, 1.165) is 16.7 Å². The second kappa shape index (κ2) is 14.8. The van der Waals surface area contributed by atoms with Crippen molar-refractivity contribution in [2.24, 2.45) is 7.05 Å². The molecule has 2 saturated heterocycles. The van der Waals surface area contributed by atoms with Gasteiger partial charge in [-0.15, -0.1) is 0 Å². The number of carbonyl (C=O) groups excluding carboxylic acids is 4. The van der Waals surface area contributed by atoms with E-state index in [9.17, 15) is 24.0 Å². The van der Waals surface area contributed by atoms with E-state index in [4.69, 9.17) is 4.74 Å². The van der Waals surface area contributed by atoms with E-state index in [1.807, 2.05) is 80.3 Å². The molecule has 2 fully saturated rings. The quantitative estimate of drug-likeness (QED) is 0.381. The molecule has 2 aromatic carbocycles. The number of likely N-dealkylation sites (tertiary alicyclic amines) is 2. The summed E-state index contributed by atoms with van der Waals surface area (Å²) in [7, 11) is 1.61. The monoisotopic (exact) mass is 700 g/mol. The van der Waals surface area contributed by atoms with Crippen LogP contribution in [0.15, 0.2) is 77.7 Å². The standard InChI is InChI=1S/C39H46N4O6.H2S/c1-38(2,3)49-36(47)32-17-11-23-43(32)37(48)39(26-12-6-5-7-13-26)21-18-29(28-14-8-9-16-31(28)39)35(46)42-24-19-27(20-25-42)40-33(44)30-15-10-22-41(4)34(30)45;/h5-10,12-16,22,27,29,32H,11,17-21,23-25H2,1-4H3,(H,40,44);1H2/t29-,32+,39+;/m0./s1. The van der Waals surface area contributed by atoms with Gasteiger partial charge in [0.2, 0.25) is 11.8 Å². The third-order valence-electron chi connectivity index (χ3n) is 10.2. The maximum absolute atomic E-state index is 15.0. The van der Waals surface area contributed by atoms with E-state index < -0.39 is 28.9 Å². The van der Waals surface area contributed by atoms with Gasteiger partial charge in [-0.05, 0) is 88.1 Å². The highest BCUT2D eigenvalue weighted by atomic mass is 32.1. The van der Waals surface area contributed by atoms with Gasteiger partial charge in [0, 0.05) is 38.9 Å².